The molecule has 20 heavy (non-hydrogen) atoms. The van der Waals surface area contributed by atoms with Crippen molar-refractivity contribution in [2.24, 2.45) is 0 Å². The van der Waals surface area contributed by atoms with Crippen molar-refractivity contribution in [1.29, 1.82) is 0 Å². The number of nitro benzene ring substituents is 1. The number of nitro groups is 1. The molecular weight excluding hydrogens is 269 g/mol. The molecule has 0 radical (unpaired) electrons. The summed E-state index contributed by atoms with van der Waals surface area (Å²) in [7, 11) is 1.55. The van der Waals surface area contributed by atoms with Crippen LogP contribution in [0.15, 0.2) is 18.2 Å². The van der Waals surface area contributed by atoms with Crippen LogP contribution in [0.5, 0.6) is 0 Å². The van der Waals surface area contributed by atoms with Crippen molar-refractivity contribution >= 4 is 17.3 Å². The molecule has 2 unspecified atom stereocenters. The van der Waals surface area contributed by atoms with E-state index < -0.39 is 22.7 Å². The highest BCUT2D eigenvalue weighted by Gasteiger charge is 2.30. The molecular formula is C12H14FN3O4. The average Bonchev–Trinajstić information content (AvgIpc) is 2.87. The summed E-state index contributed by atoms with van der Waals surface area (Å²) in [5, 5.41) is 16.2. The molecule has 7 nitrogen and oxygen atoms in total. The lowest BCUT2D eigenvalue weighted by Gasteiger charge is -2.11. The minimum Gasteiger partial charge on any atom is -0.380 e. The molecule has 2 N–H and O–H groups in total. The second-order valence-electron chi connectivity index (χ2n) is 4.46. The lowest BCUT2D eigenvalue weighted by molar-refractivity contribution is -0.384. The van der Waals surface area contributed by atoms with E-state index in [4.69, 9.17) is 4.74 Å². The highest BCUT2D eigenvalue weighted by molar-refractivity contribution is 5.96. The number of anilines is 1. The predicted molar refractivity (Wildman–Crippen MR) is 68.9 cm³/mol. The van der Waals surface area contributed by atoms with E-state index in [0.717, 1.165) is 18.2 Å². The SMILES string of the molecule is COC1CNC(C(=O)Nc2cc(F)ccc2[N+](=O)[O-])C1. The molecule has 0 spiro atoms. The fraction of sp³-hybridized carbons (Fsp3) is 0.417. The molecule has 1 fully saturated rings. The number of carbonyl (C=O) groups excluding carboxylic acids is 1. The Labute approximate surface area is 114 Å². The molecule has 0 aliphatic carbocycles. The molecule has 108 valence electrons. The van der Waals surface area contributed by atoms with Gasteiger partial charge in [-0.2, -0.15) is 0 Å². The molecule has 1 aromatic carbocycles. The summed E-state index contributed by atoms with van der Waals surface area (Å²) in [6.07, 6.45) is 0.388. The van der Waals surface area contributed by atoms with Crippen LogP contribution in [0.3, 0.4) is 0 Å². The van der Waals surface area contributed by atoms with Crippen LogP contribution in [0.25, 0.3) is 0 Å². The van der Waals surface area contributed by atoms with Crippen molar-refractivity contribution < 1.29 is 18.8 Å². The Morgan fingerprint density at radius 2 is 2.35 bits per heavy atom. The standard InChI is InChI=1S/C12H14FN3O4/c1-20-8-5-10(14-6-8)12(17)15-9-4-7(13)2-3-11(9)16(18)19/h2-4,8,10,14H,5-6H2,1H3,(H,15,17). The van der Waals surface area contributed by atoms with Crippen molar-refractivity contribution in [2.45, 2.75) is 18.6 Å². The summed E-state index contributed by atoms with van der Waals surface area (Å²) in [6.45, 7) is 0.528. The van der Waals surface area contributed by atoms with Crippen LogP contribution < -0.4 is 10.6 Å². The normalized spacial score (nSPS) is 21.7. The number of amides is 1. The Bertz CT molecular complexity index is 537. The monoisotopic (exact) mass is 283 g/mol. The zero-order valence-electron chi connectivity index (χ0n) is 10.8. The molecule has 1 aliphatic rings. The van der Waals surface area contributed by atoms with Gasteiger partial charge in [0.2, 0.25) is 5.91 Å². The summed E-state index contributed by atoms with van der Waals surface area (Å²) in [6, 6.07) is 2.41. The summed E-state index contributed by atoms with van der Waals surface area (Å²) in [5.41, 5.74) is -0.497. The van der Waals surface area contributed by atoms with E-state index in [0.29, 0.717) is 13.0 Å². The predicted octanol–water partition coefficient (Wildman–Crippen LogP) is 1.05. The Balaban J connectivity index is 2.11. The van der Waals surface area contributed by atoms with Crippen LogP contribution in [0.2, 0.25) is 0 Å². The summed E-state index contributed by atoms with van der Waals surface area (Å²) in [5.74, 6) is -1.10. The molecule has 1 aromatic rings. The quantitative estimate of drug-likeness (QED) is 0.636. The smallest absolute Gasteiger partial charge is 0.292 e. The maximum atomic E-state index is 13.1. The first kappa shape index (κ1) is 14.4. The van der Waals surface area contributed by atoms with E-state index in [1.54, 1.807) is 7.11 Å². The average molecular weight is 283 g/mol. The Kier molecular flexibility index (Phi) is 4.26. The van der Waals surface area contributed by atoms with E-state index in [9.17, 15) is 19.3 Å². The third-order valence-corrected chi connectivity index (χ3v) is 3.15. The molecule has 2 rings (SSSR count). The molecule has 0 saturated carbocycles. The fourth-order valence-corrected chi connectivity index (χ4v) is 2.07. The van der Waals surface area contributed by atoms with E-state index >= 15 is 0 Å². The Morgan fingerprint density at radius 3 is 2.95 bits per heavy atom. The molecule has 1 aliphatic heterocycles. The highest BCUT2D eigenvalue weighted by atomic mass is 19.1. The van der Waals surface area contributed by atoms with Crippen LogP contribution in [0.4, 0.5) is 15.8 Å². The molecule has 1 amide bonds. The fourth-order valence-electron chi connectivity index (χ4n) is 2.07. The summed E-state index contributed by atoms with van der Waals surface area (Å²) in [4.78, 5) is 22.1. The van der Waals surface area contributed by atoms with Crippen LogP contribution >= 0.6 is 0 Å². The van der Waals surface area contributed by atoms with Gasteiger partial charge in [0.05, 0.1) is 17.1 Å². The Morgan fingerprint density at radius 1 is 1.60 bits per heavy atom. The lowest BCUT2D eigenvalue weighted by Crippen LogP contribution is -2.35. The number of methoxy groups -OCH3 is 1. The van der Waals surface area contributed by atoms with Crippen molar-refractivity contribution in [3.63, 3.8) is 0 Å². The van der Waals surface area contributed by atoms with E-state index in [-0.39, 0.29) is 17.5 Å². The molecule has 0 aromatic heterocycles. The number of ether oxygens (including phenoxy) is 1. The number of nitrogens with zero attached hydrogens (tertiary/aromatic N) is 1. The lowest BCUT2D eigenvalue weighted by atomic mass is 10.2. The topological polar surface area (TPSA) is 93.5 Å². The van der Waals surface area contributed by atoms with Gasteiger partial charge in [0.1, 0.15) is 11.5 Å². The van der Waals surface area contributed by atoms with E-state index in [2.05, 4.69) is 10.6 Å². The number of hydrogen-bond donors (Lipinski definition) is 2. The van der Waals surface area contributed by atoms with Crippen LogP contribution in [-0.2, 0) is 9.53 Å². The second kappa shape index (κ2) is 5.93. The maximum Gasteiger partial charge on any atom is 0.292 e. The summed E-state index contributed by atoms with van der Waals surface area (Å²) < 4.78 is 18.3. The third kappa shape index (κ3) is 3.09. The zero-order chi connectivity index (χ0) is 14.7. The van der Waals surface area contributed by atoms with Crippen molar-refractivity contribution in [2.75, 3.05) is 19.0 Å². The minimum atomic E-state index is -0.672. The van der Waals surface area contributed by atoms with Gasteiger partial charge in [-0.3, -0.25) is 14.9 Å². The van der Waals surface area contributed by atoms with Crippen molar-refractivity contribution in [1.82, 2.24) is 5.32 Å². The van der Waals surface area contributed by atoms with Gasteiger partial charge in [-0.05, 0) is 12.5 Å². The minimum absolute atomic E-state index is 0.0757. The van der Waals surface area contributed by atoms with Crippen LogP contribution in [0.1, 0.15) is 6.42 Å². The van der Waals surface area contributed by atoms with Gasteiger partial charge in [0.25, 0.3) is 5.69 Å². The number of benzene rings is 1. The molecule has 8 heteroatoms. The van der Waals surface area contributed by atoms with Crippen molar-refractivity contribution in [3.05, 3.63) is 34.1 Å². The first-order chi connectivity index (χ1) is 9.51. The van der Waals surface area contributed by atoms with E-state index in [1.807, 2.05) is 0 Å². The van der Waals surface area contributed by atoms with Gasteiger partial charge in [-0.25, -0.2) is 4.39 Å². The van der Waals surface area contributed by atoms with Crippen LogP contribution in [-0.4, -0.2) is 36.6 Å². The largest absolute Gasteiger partial charge is 0.380 e. The highest BCUT2D eigenvalue weighted by Crippen LogP contribution is 2.25. The molecule has 1 heterocycles. The first-order valence-corrected chi connectivity index (χ1v) is 6.02. The van der Waals surface area contributed by atoms with Gasteiger partial charge >= 0.3 is 0 Å². The number of nitrogens with one attached hydrogen (secondary N) is 2. The van der Waals surface area contributed by atoms with Gasteiger partial charge in [-0.1, -0.05) is 0 Å². The van der Waals surface area contributed by atoms with Gasteiger partial charge in [0.15, 0.2) is 0 Å². The van der Waals surface area contributed by atoms with Gasteiger partial charge in [0, 0.05) is 25.8 Å². The van der Waals surface area contributed by atoms with E-state index in [1.165, 1.54) is 0 Å². The Hall–Kier alpha value is -2.06. The number of hydrogen-bond acceptors (Lipinski definition) is 5. The zero-order valence-corrected chi connectivity index (χ0v) is 10.8. The third-order valence-electron chi connectivity index (χ3n) is 3.15. The number of carbonyl (C=O) groups is 1. The maximum absolute atomic E-state index is 13.1. The molecule has 1 saturated heterocycles. The second-order valence-corrected chi connectivity index (χ2v) is 4.46. The molecule has 2 atom stereocenters. The van der Waals surface area contributed by atoms with Crippen molar-refractivity contribution in [3.8, 4) is 0 Å². The summed E-state index contributed by atoms with van der Waals surface area (Å²) >= 11 is 0. The first-order valence-electron chi connectivity index (χ1n) is 6.02. The number of halogens is 1. The molecule has 0 bridgehead atoms. The van der Waals surface area contributed by atoms with Gasteiger partial charge in [-0.15, -0.1) is 0 Å². The number of rotatable bonds is 4. The van der Waals surface area contributed by atoms with Crippen LogP contribution in [0, 0.1) is 15.9 Å². The van der Waals surface area contributed by atoms with Gasteiger partial charge < -0.3 is 15.4 Å².